The van der Waals surface area contributed by atoms with Crippen molar-refractivity contribution in [2.45, 2.75) is 50.4 Å². The molecule has 0 spiro atoms. The predicted molar refractivity (Wildman–Crippen MR) is 120 cm³/mol. The molecular formula is C25H33NO6. The first-order valence-corrected chi connectivity index (χ1v) is 11.6. The third kappa shape index (κ3) is 7.83. The minimum atomic E-state index is -0.225. The maximum Gasteiger partial charge on any atom is 0.275 e. The van der Waals surface area contributed by atoms with Gasteiger partial charge < -0.3 is 18.9 Å². The number of epoxide rings is 2. The summed E-state index contributed by atoms with van der Waals surface area (Å²) in [5, 5.41) is 1.95. The average molecular weight is 444 g/mol. The van der Waals surface area contributed by atoms with Crippen LogP contribution >= 0.6 is 0 Å². The fourth-order valence-corrected chi connectivity index (χ4v) is 3.65. The number of unbranched alkanes of at least 4 members (excludes halogenated alkanes) is 1. The molecule has 174 valence electrons. The standard InChI is InChI=1S/C25H33NO6/c27-25(24-12-5-8-19-7-1-2-11-23(19)24)26-32-14-6-10-20(29-17-22-18-31-22)9-3-4-13-28-15-21-16-30-21/h1-2,5,7-8,11-12,20-22H,3-4,6,9-10,13-18H2,(H,26,27). The maximum atomic E-state index is 12.5. The summed E-state index contributed by atoms with van der Waals surface area (Å²) in [6.45, 7) is 4.21. The second-order valence-corrected chi connectivity index (χ2v) is 8.39. The molecule has 2 aromatic carbocycles. The molecule has 2 fully saturated rings. The second kappa shape index (κ2) is 12.3. The fraction of sp³-hybridized carbons (Fsp3) is 0.560. The molecule has 7 heteroatoms. The number of ether oxygens (including phenoxy) is 4. The van der Waals surface area contributed by atoms with E-state index in [2.05, 4.69) is 5.48 Å². The zero-order chi connectivity index (χ0) is 22.0. The number of hydrogen-bond acceptors (Lipinski definition) is 6. The number of benzene rings is 2. The Balaban J connectivity index is 1.12. The lowest BCUT2D eigenvalue weighted by Gasteiger charge is -2.17. The van der Waals surface area contributed by atoms with Crippen LogP contribution in [0.2, 0.25) is 0 Å². The lowest BCUT2D eigenvalue weighted by molar-refractivity contribution is 0.00756. The van der Waals surface area contributed by atoms with E-state index in [0.717, 1.165) is 62.7 Å². The maximum absolute atomic E-state index is 12.5. The first kappa shape index (κ1) is 23.1. The highest BCUT2D eigenvalue weighted by Gasteiger charge is 2.24. The van der Waals surface area contributed by atoms with Crippen molar-refractivity contribution in [3.8, 4) is 0 Å². The molecule has 0 aliphatic carbocycles. The van der Waals surface area contributed by atoms with Gasteiger partial charge in [-0.05, 0) is 48.9 Å². The van der Waals surface area contributed by atoms with Gasteiger partial charge in [0.2, 0.25) is 0 Å². The van der Waals surface area contributed by atoms with Crippen molar-refractivity contribution in [3.63, 3.8) is 0 Å². The Hall–Kier alpha value is -2.03. The van der Waals surface area contributed by atoms with Crippen molar-refractivity contribution in [2.24, 2.45) is 0 Å². The molecule has 0 bridgehead atoms. The Labute approximate surface area is 189 Å². The minimum absolute atomic E-state index is 0.170. The number of carbonyl (C=O) groups excluding carboxylic acids is 1. The van der Waals surface area contributed by atoms with Crippen molar-refractivity contribution in [1.82, 2.24) is 5.48 Å². The summed E-state index contributed by atoms with van der Waals surface area (Å²) in [6, 6.07) is 13.5. The summed E-state index contributed by atoms with van der Waals surface area (Å²) in [6.07, 6.45) is 5.50. The van der Waals surface area contributed by atoms with E-state index in [9.17, 15) is 4.79 Å². The molecular weight excluding hydrogens is 410 g/mol. The molecule has 1 amide bonds. The zero-order valence-electron chi connectivity index (χ0n) is 18.5. The molecule has 0 radical (unpaired) electrons. The number of hydroxylamine groups is 1. The largest absolute Gasteiger partial charge is 0.379 e. The van der Waals surface area contributed by atoms with Gasteiger partial charge in [0, 0.05) is 12.2 Å². The molecule has 2 aliphatic heterocycles. The van der Waals surface area contributed by atoms with Gasteiger partial charge in [0.15, 0.2) is 0 Å². The van der Waals surface area contributed by atoms with Crippen molar-refractivity contribution in [2.75, 3.05) is 39.6 Å². The molecule has 3 unspecified atom stereocenters. The number of hydrogen-bond donors (Lipinski definition) is 1. The van der Waals surface area contributed by atoms with Crippen LogP contribution < -0.4 is 5.48 Å². The van der Waals surface area contributed by atoms with E-state index >= 15 is 0 Å². The summed E-state index contributed by atoms with van der Waals surface area (Å²) in [4.78, 5) is 18.0. The normalized spacial score (nSPS) is 20.2. The SMILES string of the molecule is O=C(NOCCCC(CCCCOCC1CO1)OCC1CO1)c1cccc2ccccc12. The fourth-order valence-electron chi connectivity index (χ4n) is 3.65. The monoisotopic (exact) mass is 443 g/mol. The summed E-state index contributed by atoms with van der Waals surface area (Å²) in [5.41, 5.74) is 3.19. The molecule has 7 nitrogen and oxygen atoms in total. The van der Waals surface area contributed by atoms with Crippen LogP contribution in [0.4, 0.5) is 0 Å². The van der Waals surface area contributed by atoms with Crippen molar-refractivity contribution >= 4 is 16.7 Å². The van der Waals surface area contributed by atoms with Gasteiger partial charge in [0.1, 0.15) is 12.2 Å². The molecule has 3 atom stereocenters. The van der Waals surface area contributed by atoms with Crippen LogP contribution in [0.5, 0.6) is 0 Å². The number of rotatable bonds is 16. The van der Waals surface area contributed by atoms with Gasteiger partial charge in [-0.25, -0.2) is 5.48 Å². The van der Waals surface area contributed by atoms with E-state index in [4.69, 9.17) is 23.8 Å². The minimum Gasteiger partial charge on any atom is -0.379 e. The number of amides is 1. The first-order chi connectivity index (χ1) is 15.8. The second-order valence-electron chi connectivity index (χ2n) is 8.39. The average Bonchev–Trinajstić information content (AvgIpc) is 3.74. The van der Waals surface area contributed by atoms with Gasteiger partial charge >= 0.3 is 0 Å². The van der Waals surface area contributed by atoms with Gasteiger partial charge in [-0.1, -0.05) is 36.4 Å². The third-order valence-electron chi connectivity index (χ3n) is 5.66. The number of fused-ring (bicyclic) bond motifs is 1. The van der Waals surface area contributed by atoms with E-state index in [-0.39, 0.29) is 18.1 Å². The molecule has 4 rings (SSSR count). The lowest BCUT2D eigenvalue weighted by Crippen LogP contribution is -2.25. The topological polar surface area (TPSA) is 81.9 Å². The van der Waals surface area contributed by atoms with Gasteiger partial charge in [-0.2, -0.15) is 0 Å². The number of carbonyl (C=O) groups is 1. The molecule has 0 aromatic heterocycles. The summed E-state index contributed by atoms with van der Waals surface area (Å²) >= 11 is 0. The van der Waals surface area contributed by atoms with Crippen LogP contribution in [0.25, 0.3) is 10.8 Å². The zero-order valence-corrected chi connectivity index (χ0v) is 18.5. The van der Waals surface area contributed by atoms with E-state index < -0.39 is 0 Å². The van der Waals surface area contributed by atoms with E-state index in [0.29, 0.717) is 31.5 Å². The smallest absolute Gasteiger partial charge is 0.275 e. The van der Waals surface area contributed by atoms with Crippen LogP contribution in [-0.2, 0) is 23.8 Å². The summed E-state index contributed by atoms with van der Waals surface area (Å²) in [5.74, 6) is -0.225. The molecule has 2 aliphatic rings. The van der Waals surface area contributed by atoms with Crippen molar-refractivity contribution in [1.29, 1.82) is 0 Å². The van der Waals surface area contributed by atoms with Gasteiger partial charge in [-0.3, -0.25) is 9.63 Å². The lowest BCUT2D eigenvalue weighted by atomic mass is 10.0. The molecule has 2 heterocycles. The third-order valence-corrected chi connectivity index (χ3v) is 5.66. The van der Waals surface area contributed by atoms with Gasteiger partial charge in [0.05, 0.1) is 39.1 Å². The predicted octanol–water partition coefficient (Wildman–Crippen LogP) is 3.65. The highest BCUT2D eigenvalue weighted by atomic mass is 16.7. The highest BCUT2D eigenvalue weighted by molar-refractivity contribution is 6.06. The quantitative estimate of drug-likeness (QED) is 0.242. The molecule has 2 aromatic rings. The Morgan fingerprint density at radius 2 is 1.69 bits per heavy atom. The van der Waals surface area contributed by atoms with Gasteiger partial charge in [0.25, 0.3) is 5.91 Å². The van der Waals surface area contributed by atoms with Crippen LogP contribution in [0.1, 0.15) is 42.5 Å². The molecule has 1 N–H and O–H groups in total. The molecule has 0 saturated carbocycles. The molecule has 32 heavy (non-hydrogen) atoms. The van der Waals surface area contributed by atoms with Gasteiger partial charge in [-0.15, -0.1) is 0 Å². The van der Waals surface area contributed by atoms with E-state index in [1.54, 1.807) is 0 Å². The molecule has 2 saturated heterocycles. The van der Waals surface area contributed by atoms with Crippen LogP contribution in [0.3, 0.4) is 0 Å². The first-order valence-electron chi connectivity index (χ1n) is 11.6. The Kier molecular flexibility index (Phi) is 8.88. The summed E-state index contributed by atoms with van der Waals surface area (Å²) in [7, 11) is 0. The highest BCUT2D eigenvalue weighted by Crippen LogP contribution is 2.19. The Morgan fingerprint density at radius 1 is 0.938 bits per heavy atom. The Bertz CT molecular complexity index is 846. The van der Waals surface area contributed by atoms with Crippen LogP contribution in [0, 0.1) is 0 Å². The van der Waals surface area contributed by atoms with Crippen LogP contribution in [-0.4, -0.2) is 63.9 Å². The Morgan fingerprint density at radius 3 is 2.53 bits per heavy atom. The van der Waals surface area contributed by atoms with Crippen molar-refractivity contribution < 1.29 is 28.6 Å². The van der Waals surface area contributed by atoms with E-state index in [1.165, 1.54) is 0 Å². The number of nitrogens with one attached hydrogen (secondary N) is 1. The van der Waals surface area contributed by atoms with E-state index in [1.807, 2.05) is 42.5 Å². The van der Waals surface area contributed by atoms with Crippen LogP contribution in [0.15, 0.2) is 42.5 Å². The summed E-state index contributed by atoms with van der Waals surface area (Å²) < 4.78 is 22.0. The van der Waals surface area contributed by atoms with Crippen molar-refractivity contribution in [3.05, 3.63) is 48.0 Å².